The summed E-state index contributed by atoms with van der Waals surface area (Å²) < 4.78 is 21.6. The van der Waals surface area contributed by atoms with Crippen LogP contribution in [-0.4, -0.2) is 46.3 Å². The van der Waals surface area contributed by atoms with E-state index in [4.69, 9.17) is 18.9 Å². The number of methoxy groups -OCH3 is 3. The molecule has 2 aromatic rings. The molecule has 2 N–H and O–H groups in total. The first-order chi connectivity index (χ1) is 15.3. The summed E-state index contributed by atoms with van der Waals surface area (Å²) in [4.78, 5) is 24.7. The van der Waals surface area contributed by atoms with Crippen LogP contribution in [0.1, 0.15) is 42.7 Å². The molecule has 32 heavy (non-hydrogen) atoms. The molecule has 0 spiro atoms. The minimum absolute atomic E-state index is 0.162. The molecule has 8 heteroatoms. The van der Waals surface area contributed by atoms with E-state index in [-0.39, 0.29) is 24.4 Å². The normalized spacial score (nSPS) is 11.5. The summed E-state index contributed by atoms with van der Waals surface area (Å²) in [5.74, 6) is 1.91. The quantitative estimate of drug-likeness (QED) is 0.552. The first kappa shape index (κ1) is 24.8. The Morgan fingerprint density at radius 1 is 0.844 bits per heavy atom. The predicted molar refractivity (Wildman–Crippen MR) is 122 cm³/mol. The van der Waals surface area contributed by atoms with Gasteiger partial charge in [0.05, 0.1) is 40.5 Å². The van der Waals surface area contributed by atoms with Gasteiger partial charge in [-0.05, 0) is 48.7 Å². The van der Waals surface area contributed by atoms with Crippen molar-refractivity contribution in [1.82, 2.24) is 10.6 Å². The third-order valence-corrected chi connectivity index (χ3v) is 4.69. The zero-order valence-corrected chi connectivity index (χ0v) is 19.5. The minimum Gasteiger partial charge on any atom is -0.493 e. The molecular formula is C24H32N2O6. The van der Waals surface area contributed by atoms with E-state index >= 15 is 0 Å². The maximum Gasteiger partial charge on any atom is 0.251 e. The van der Waals surface area contributed by atoms with Crippen molar-refractivity contribution in [3.63, 3.8) is 0 Å². The molecule has 0 saturated carbocycles. The first-order valence-corrected chi connectivity index (χ1v) is 10.4. The van der Waals surface area contributed by atoms with Crippen molar-refractivity contribution in [2.75, 3.05) is 34.5 Å². The molecular weight excluding hydrogens is 412 g/mol. The number of hydrogen-bond donors (Lipinski definition) is 2. The number of amides is 2. The molecule has 1 atom stereocenters. The molecule has 8 nitrogen and oxygen atoms in total. The lowest BCUT2D eigenvalue weighted by Gasteiger charge is -2.18. The number of ether oxygens (including phenoxy) is 4. The highest BCUT2D eigenvalue weighted by Gasteiger charge is 2.15. The summed E-state index contributed by atoms with van der Waals surface area (Å²) in [5, 5.41) is 5.48. The van der Waals surface area contributed by atoms with Gasteiger partial charge in [-0.3, -0.25) is 9.59 Å². The Labute approximate surface area is 189 Å². The lowest BCUT2D eigenvalue weighted by molar-refractivity contribution is -0.120. The number of rotatable bonds is 11. The summed E-state index contributed by atoms with van der Waals surface area (Å²) >= 11 is 0. The van der Waals surface area contributed by atoms with Crippen molar-refractivity contribution in [1.29, 1.82) is 0 Å². The zero-order valence-electron chi connectivity index (χ0n) is 19.5. The van der Waals surface area contributed by atoms with E-state index in [2.05, 4.69) is 24.5 Å². The third-order valence-electron chi connectivity index (χ3n) is 4.69. The average molecular weight is 445 g/mol. The molecule has 0 heterocycles. The Morgan fingerprint density at radius 2 is 1.47 bits per heavy atom. The monoisotopic (exact) mass is 444 g/mol. The standard InChI is InChI=1S/C24H32N2O6/c1-15(2)14-32-20-10-7-17(11-22(20)31-6)16(3)26-23(27)13-25-24(28)18-8-9-19(29-4)21(12-18)30-5/h7-12,15-16H,13-14H2,1-6H3,(H,25,28)(H,26,27). The van der Waals surface area contributed by atoms with E-state index in [1.165, 1.54) is 14.2 Å². The van der Waals surface area contributed by atoms with Gasteiger partial charge in [0.1, 0.15) is 0 Å². The molecule has 0 aliphatic heterocycles. The van der Waals surface area contributed by atoms with E-state index < -0.39 is 0 Å². The summed E-state index contributed by atoms with van der Waals surface area (Å²) in [7, 11) is 4.59. The lowest BCUT2D eigenvalue weighted by atomic mass is 10.1. The van der Waals surface area contributed by atoms with Gasteiger partial charge in [-0.1, -0.05) is 19.9 Å². The topological polar surface area (TPSA) is 95.1 Å². The van der Waals surface area contributed by atoms with Crippen LogP contribution in [0.15, 0.2) is 36.4 Å². The zero-order chi connectivity index (χ0) is 23.7. The fourth-order valence-corrected chi connectivity index (χ4v) is 2.95. The molecule has 174 valence electrons. The fraction of sp³-hybridized carbons (Fsp3) is 0.417. The van der Waals surface area contributed by atoms with Crippen LogP contribution >= 0.6 is 0 Å². The second-order valence-corrected chi connectivity index (χ2v) is 7.66. The third kappa shape index (κ3) is 6.80. The second-order valence-electron chi connectivity index (χ2n) is 7.66. The first-order valence-electron chi connectivity index (χ1n) is 10.4. The molecule has 0 radical (unpaired) electrons. The molecule has 0 bridgehead atoms. The maximum atomic E-state index is 12.4. The molecule has 0 saturated heterocycles. The predicted octanol–water partition coefficient (Wildman–Crippen LogP) is 3.35. The van der Waals surface area contributed by atoms with Crippen LogP contribution in [0.25, 0.3) is 0 Å². The van der Waals surface area contributed by atoms with Crippen LogP contribution in [0.5, 0.6) is 23.0 Å². The van der Waals surface area contributed by atoms with Crippen LogP contribution in [0.2, 0.25) is 0 Å². The summed E-state index contributed by atoms with van der Waals surface area (Å²) in [6.07, 6.45) is 0. The summed E-state index contributed by atoms with van der Waals surface area (Å²) in [5.41, 5.74) is 1.23. The van der Waals surface area contributed by atoms with E-state index in [1.807, 2.05) is 25.1 Å². The lowest BCUT2D eigenvalue weighted by Crippen LogP contribution is -2.38. The number of benzene rings is 2. The highest BCUT2D eigenvalue weighted by molar-refractivity contribution is 5.97. The average Bonchev–Trinajstić information content (AvgIpc) is 2.80. The Balaban J connectivity index is 1.94. The van der Waals surface area contributed by atoms with Gasteiger partial charge in [-0.15, -0.1) is 0 Å². The molecule has 1 unspecified atom stereocenters. The molecule has 2 aromatic carbocycles. The van der Waals surface area contributed by atoms with Gasteiger partial charge in [0.15, 0.2) is 23.0 Å². The minimum atomic E-state index is -0.387. The van der Waals surface area contributed by atoms with Crippen molar-refractivity contribution in [3.8, 4) is 23.0 Å². The van der Waals surface area contributed by atoms with Gasteiger partial charge in [0.25, 0.3) is 5.91 Å². The molecule has 0 fully saturated rings. The van der Waals surface area contributed by atoms with Gasteiger partial charge in [0.2, 0.25) is 5.91 Å². The van der Waals surface area contributed by atoms with E-state index in [1.54, 1.807) is 25.3 Å². The smallest absolute Gasteiger partial charge is 0.251 e. The van der Waals surface area contributed by atoms with Crippen molar-refractivity contribution >= 4 is 11.8 Å². The van der Waals surface area contributed by atoms with Crippen LogP contribution in [0.4, 0.5) is 0 Å². The number of carbonyl (C=O) groups excluding carboxylic acids is 2. The SMILES string of the molecule is COc1ccc(C(=O)NCC(=O)NC(C)c2ccc(OCC(C)C)c(OC)c2)cc1OC. The molecule has 2 rings (SSSR count). The van der Waals surface area contributed by atoms with Crippen LogP contribution in [-0.2, 0) is 4.79 Å². The van der Waals surface area contributed by atoms with Crippen molar-refractivity contribution in [2.45, 2.75) is 26.8 Å². The largest absolute Gasteiger partial charge is 0.493 e. The molecule has 0 aromatic heterocycles. The Kier molecular flexibility index (Phi) is 9.19. The van der Waals surface area contributed by atoms with Gasteiger partial charge >= 0.3 is 0 Å². The van der Waals surface area contributed by atoms with Crippen molar-refractivity contribution in [3.05, 3.63) is 47.5 Å². The van der Waals surface area contributed by atoms with Crippen LogP contribution in [0.3, 0.4) is 0 Å². The molecule has 2 amide bonds. The van der Waals surface area contributed by atoms with Crippen LogP contribution < -0.4 is 29.6 Å². The number of nitrogens with one attached hydrogen (secondary N) is 2. The Hall–Kier alpha value is -3.42. The van der Waals surface area contributed by atoms with Crippen molar-refractivity contribution < 1.29 is 28.5 Å². The van der Waals surface area contributed by atoms with E-state index in [9.17, 15) is 9.59 Å². The Bertz CT molecular complexity index is 929. The van der Waals surface area contributed by atoms with Crippen molar-refractivity contribution in [2.24, 2.45) is 5.92 Å². The maximum absolute atomic E-state index is 12.4. The fourth-order valence-electron chi connectivity index (χ4n) is 2.95. The summed E-state index contributed by atoms with van der Waals surface area (Å²) in [6, 6.07) is 10.1. The van der Waals surface area contributed by atoms with E-state index in [0.29, 0.717) is 41.1 Å². The molecule has 0 aliphatic carbocycles. The number of hydrogen-bond acceptors (Lipinski definition) is 6. The highest BCUT2D eigenvalue weighted by atomic mass is 16.5. The second kappa shape index (κ2) is 11.8. The van der Waals surface area contributed by atoms with E-state index in [0.717, 1.165) is 5.56 Å². The summed E-state index contributed by atoms with van der Waals surface area (Å²) in [6.45, 7) is 6.42. The van der Waals surface area contributed by atoms with Gasteiger partial charge < -0.3 is 29.6 Å². The van der Waals surface area contributed by atoms with Gasteiger partial charge in [-0.2, -0.15) is 0 Å². The highest BCUT2D eigenvalue weighted by Crippen LogP contribution is 2.31. The van der Waals surface area contributed by atoms with Gasteiger partial charge in [-0.25, -0.2) is 0 Å². The number of carbonyl (C=O) groups is 2. The Morgan fingerprint density at radius 3 is 2.09 bits per heavy atom. The van der Waals surface area contributed by atoms with Crippen LogP contribution in [0, 0.1) is 5.92 Å². The van der Waals surface area contributed by atoms with Gasteiger partial charge in [0, 0.05) is 5.56 Å². The molecule has 0 aliphatic rings.